The Kier molecular flexibility index (Phi) is 3.76. The van der Waals surface area contributed by atoms with E-state index < -0.39 is 0 Å². The van der Waals surface area contributed by atoms with Gasteiger partial charge in [0.2, 0.25) is 0 Å². The molecule has 0 fully saturated rings. The van der Waals surface area contributed by atoms with Gasteiger partial charge in [-0.15, -0.1) is 0 Å². The average molecular weight is 269 g/mol. The van der Waals surface area contributed by atoms with Gasteiger partial charge in [0, 0.05) is 11.1 Å². The molecule has 20 heavy (non-hydrogen) atoms. The highest BCUT2D eigenvalue weighted by Gasteiger charge is 2.24. The normalized spacial score (nSPS) is 11.8. The molecule has 2 rings (SSSR count). The lowest BCUT2D eigenvalue weighted by Gasteiger charge is -2.27. The van der Waals surface area contributed by atoms with E-state index in [1.165, 1.54) is 11.1 Å². The number of hydrogen-bond donors (Lipinski definition) is 2. The fraction of sp³-hybridized carbons (Fsp3) is 0.333. The fourth-order valence-electron chi connectivity index (χ4n) is 2.47. The number of phenolic OH excluding ortho intramolecular Hbond substituents is 1. The summed E-state index contributed by atoms with van der Waals surface area (Å²) in [5, 5.41) is 9.96. The molecular weight excluding hydrogens is 246 g/mol. The van der Waals surface area contributed by atoms with Crippen LogP contribution in [0.25, 0.3) is 0 Å². The van der Waals surface area contributed by atoms with Gasteiger partial charge in [-0.2, -0.15) is 0 Å². The van der Waals surface area contributed by atoms with Crippen LogP contribution >= 0.6 is 0 Å². The lowest BCUT2D eigenvalue weighted by atomic mass is 9.77. The second-order valence-electron chi connectivity index (χ2n) is 6.18. The molecule has 106 valence electrons. The summed E-state index contributed by atoms with van der Waals surface area (Å²) < 4.78 is 0. The van der Waals surface area contributed by atoms with Crippen LogP contribution in [-0.4, -0.2) is 5.11 Å². The Morgan fingerprint density at radius 3 is 2.05 bits per heavy atom. The van der Waals surface area contributed by atoms with Crippen LogP contribution in [0.1, 0.15) is 50.3 Å². The first kappa shape index (κ1) is 14.4. The summed E-state index contributed by atoms with van der Waals surface area (Å²) in [6.45, 7) is 8.56. The Balaban J connectivity index is 2.48. The SMILES string of the molecule is CC(C)c1cc(C(C)(C)c2ccc(N)cc2)ccc1O. The first-order valence-corrected chi connectivity index (χ1v) is 7.02. The first-order chi connectivity index (χ1) is 9.32. The predicted molar refractivity (Wildman–Crippen MR) is 85.2 cm³/mol. The van der Waals surface area contributed by atoms with Crippen LogP contribution in [0.3, 0.4) is 0 Å². The number of benzene rings is 2. The third-order valence-corrected chi connectivity index (χ3v) is 4.00. The maximum Gasteiger partial charge on any atom is 0.119 e. The van der Waals surface area contributed by atoms with Crippen LogP contribution < -0.4 is 5.73 Å². The largest absolute Gasteiger partial charge is 0.508 e. The van der Waals surface area contributed by atoms with Crippen molar-refractivity contribution in [3.8, 4) is 5.75 Å². The van der Waals surface area contributed by atoms with Gasteiger partial charge in [0.25, 0.3) is 0 Å². The van der Waals surface area contributed by atoms with Gasteiger partial charge < -0.3 is 10.8 Å². The van der Waals surface area contributed by atoms with E-state index >= 15 is 0 Å². The number of phenols is 1. The van der Waals surface area contributed by atoms with Crippen molar-refractivity contribution in [1.82, 2.24) is 0 Å². The number of nitrogens with two attached hydrogens (primary N) is 1. The monoisotopic (exact) mass is 269 g/mol. The number of nitrogen functional groups attached to an aromatic ring is 1. The zero-order valence-corrected chi connectivity index (χ0v) is 12.6. The highest BCUT2D eigenvalue weighted by atomic mass is 16.3. The molecule has 0 saturated heterocycles. The summed E-state index contributed by atoms with van der Waals surface area (Å²) >= 11 is 0. The van der Waals surface area contributed by atoms with Gasteiger partial charge in [-0.25, -0.2) is 0 Å². The smallest absolute Gasteiger partial charge is 0.119 e. The summed E-state index contributed by atoms with van der Waals surface area (Å²) in [6.07, 6.45) is 0. The fourth-order valence-corrected chi connectivity index (χ4v) is 2.47. The molecule has 3 N–H and O–H groups in total. The second-order valence-corrected chi connectivity index (χ2v) is 6.18. The van der Waals surface area contributed by atoms with Crippen LogP contribution in [-0.2, 0) is 5.41 Å². The lowest BCUT2D eigenvalue weighted by molar-refractivity contribution is 0.463. The van der Waals surface area contributed by atoms with Crippen molar-refractivity contribution in [3.63, 3.8) is 0 Å². The molecule has 0 aliphatic carbocycles. The Morgan fingerprint density at radius 2 is 1.50 bits per heavy atom. The summed E-state index contributed by atoms with van der Waals surface area (Å²) in [7, 11) is 0. The Labute approximate surface area is 121 Å². The highest BCUT2D eigenvalue weighted by Crippen LogP contribution is 2.36. The van der Waals surface area contributed by atoms with Gasteiger partial charge in [-0.05, 0) is 40.8 Å². The Hall–Kier alpha value is -1.96. The molecule has 0 aliphatic rings. The topological polar surface area (TPSA) is 46.2 Å². The Bertz CT molecular complexity index is 597. The van der Waals surface area contributed by atoms with E-state index in [1.807, 2.05) is 18.2 Å². The quantitative estimate of drug-likeness (QED) is 0.810. The van der Waals surface area contributed by atoms with E-state index in [9.17, 15) is 5.11 Å². The van der Waals surface area contributed by atoms with Crippen molar-refractivity contribution >= 4 is 5.69 Å². The van der Waals surface area contributed by atoms with Crippen LogP contribution in [0.5, 0.6) is 5.75 Å². The minimum absolute atomic E-state index is 0.120. The van der Waals surface area contributed by atoms with Gasteiger partial charge >= 0.3 is 0 Å². The standard InChI is InChI=1S/C18H23NO/c1-12(2)16-11-14(7-10-17(16)20)18(3,4)13-5-8-15(19)9-6-13/h5-12,20H,19H2,1-4H3. The van der Waals surface area contributed by atoms with Gasteiger partial charge in [-0.3, -0.25) is 0 Å². The third kappa shape index (κ3) is 2.64. The van der Waals surface area contributed by atoms with Crippen molar-refractivity contribution in [2.24, 2.45) is 0 Å². The maximum absolute atomic E-state index is 9.96. The third-order valence-electron chi connectivity index (χ3n) is 4.00. The molecule has 0 heterocycles. The van der Waals surface area contributed by atoms with E-state index in [4.69, 9.17) is 5.73 Å². The van der Waals surface area contributed by atoms with Gasteiger partial charge in [0.15, 0.2) is 0 Å². The molecular formula is C18H23NO. The van der Waals surface area contributed by atoms with Gasteiger partial charge in [-0.1, -0.05) is 52.0 Å². The molecule has 0 aliphatic heterocycles. The van der Waals surface area contributed by atoms with E-state index in [0.29, 0.717) is 11.7 Å². The summed E-state index contributed by atoms with van der Waals surface area (Å²) in [6, 6.07) is 13.9. The molecule has 0 atom stereocenters. The predicted octanol–water partition coefficient (Wildman–Crippen LogP) is 4.42. The molecule has 0 unspecified atom stereocenters. The van der Waals surface area contributed by atoms with Crippen LogP contribution in [0.2, 0.25) is 0 Å². The molecule has 0 aromatic heterocycles. The molecule has 0 radical (unpaired) electrons. The minimum atomic E-state index is -0.120. The Morgan fingerprint density at radius 1 is 0.950 bits per heavy atom. The molecule has 2 nitrogen and oxygen atoms in total. The van der Waals surface area contributed by atoms with Crippen molar-refractivity contribution < 1.29 is 5.11 Å². The number of anilines is 1. The van der Waals surface area contributed by atoms with Crippen molar-refractivity contribution in [1.29, 1.82) is 0 Å². The molecule has 0 spiro atoms. The molecule has 0 amide bonds. The number of rotatable bonds is 3. The van der Waals surface area contributed by atoms with E-state index in [-0.39, 0.29) is 5.41 Å². The van der Waals surface area contributed by atoms with Crippen LogP contribution in [0, 0.1) is 0 Å². The van der Waals surface area contributed by atoms with Gasteiger partial charge in [0.05, 0.1) is 0 Å². The molecule has 2 heteroatoms. The average Bonchev–Trinajstić information content (AvgIpc) is 2.39. The van der Waals surface area contributed by atoms with E-state index in [2.05, 4.69) is 45.9 Å². The van der Waals surface area contributed by atoms with Gasteiger partial charge in [0.1, 0.15) is 5.75 Å². The van der Waals surface area contributed by atoms with Crippen LogP contribution in [0.4, 0.5) is 5.69 Å². The van der Waals surface area contributed by atoms with E-state index in [0.717, 1.165) is 11.3 Å². The number of hydrogen-bond acceptors (Lipinski definition) is 2. The van der Waals surface area contributed by atoms with E-state index in [1.54, 1.807) is 6.07 Å². The molecule has 2 aromatic rings. The maximum atomic E-state index is 9.96. The zero-order chi connectivity index (χ0) is 14.9. The summed E-state index contributed by atoms with van der Waals surface area (Å²) in [4.78, 5) is 0. The zero-order valence-electron chi connectivity index (χ0n) is 12.6. The summed E-state index contributed by atoms with van der Waals surface area (Å²) in [5.41, 5.74) is 9.82. The molecule has 0 saturated carbocycles. The molecule has 2 aromatic carbocycles. The highest BCUT2D eigenvalue weighted by molar-refractivity contribution is 5.48. The lowest BCUT2D eigenvalue weighted by Crippen LogP contribution is -2.19. The van der Waals surface area contributed by atoms with Crippen molar-refractivity contribution in [3.05, 3.63) is 59.2 Å². The van der Waals surface area contributed by atoms with Crippen LogP contribution in [0.15, 0.2) is 42.5 Å². The minimum Gasteiger partial charge on any atom is -0.508 e. The molecule has 0 bridgehead atoms. The first-order valence-electron chi connectivity index (χ1n) is 7.02. The van der Waals surface area contributed by atoms with Crippen molar-refractivity contribution in [2.45, 2.75) is 39.0 Å². The number of aromatic hydroxyl groups is 1. The summed E-state index contributed by atoms with van der Waals surface area (Å²) in [5.74, 6) is 0.675. The van der Waals surface area contributed by atoms with Crippen molar-refractivity contribution in [2.75, 3.05) is 5.73 Å². The second kappa shape index (κ2) is 5.20.